The molecule has 0 bridgehead atoms. The molecule has 4 N–H and O–H groups in total. The second-order valence-corrected chi connectivity index (χ2v) is 5.51. The molecule has 0 aromatic heterocycles. The number of oxime groups is 1. The van der Waals surface area contributed by atoms with Crippen molar-refractivity contribution in [2.24, 2.45) is 16.8 Å². The second kappa shape index (κ2) is 6.97. The SMILES string of the molecule is CC1CCCN(C(=O)NC(C(N)=NO)c2ccccc2)C1. The van der Waals surface area contributed by atoms with E-state index in [2.05, 4.69) is 17.4 Å². The number of amidine groups is 1. The van der Waals surface area contributed by atoms with E-state index in [9.17, 15) is 4.79 Å². The molecule has 1 aliphatic rings. The molecule has 1 heterocycles. The fourth-order valence-electron chi connectivity index (χ4n) is 2.62. The van der Waals surface area contributed by atoms with Gasteiger partial charge in [-0.25, -0.2) is 4.79 Å². The van der Waals surface area contributed by atoms with Crippen molar-refractivity contribution in [3.05, 3.63) is 35.9 Å². The summed E-state index contributed by atoms with van der Waals surface area (Å²) in [6, 6.07) is 8.44. The summed E-state index contributed by atoms with van der Waals surface area (Å²) in [6.45, 7) is 3.62. The summed E-state index contributed by atoms with van der Waals surface area (Å²) in [4.78, 5) is 14.2. The summed E-state index contributed by atoms with van der Waals surface area (Å²) in [5, 5.41) is 14.8. The third kappa shape index (κ3) is 3.87. The van der Waals surface area contributed by atoms with Crippen LogP contribution in [0.1, 0.15) is 31.4 Å². The smallest absolute Gasteiger partial charge is 0.318 e. The quantitative estimate of drug-likeness (QED) is 0.344. The lowest BCUT2D eigenvalue weighted by Crippen LogP contribution is -2.48. The number of nitrogens with one attached hydrogen (secondary N) is 1. The number of nitrogens with zero attached hydrogens (tertiary/aromatic N) is 2. The van der Waals surface area contributed by atoms with Gasteiger partial charge >= 0.3 is 6.03 Å². The van der Waals surface area contributed by atoms with Crippen molar-refractivity contribution in [1.29, 1.82) is 0 Å². The Balaban J connectivity index is 2.10. The van der Waals surface area contributed by atoms with E-state index in [-0.39, 0.29) is 11.9 Å². The van der Waals surface area contributed by atoms with Crippen LogP contribution in [0.3, 0.4) is 0 Å². The van der Waals surface area contributed by atoms with Crippen molar-refractivity contribution < 1.29 is 10.0 Å². The number of piperidine rings is 1. The first-order valence-corrected chi connectivity index (χ1v) is 7.19. The molecule has 6 nitrogen and oxygen atoms in total. The van der Waals surface area contributed by atoms with Gasteiger partial charge < -0.3 is 21.2 Å². The van der Waals surface area contributed by atoms with Gasteiger partial charge in [0.05, 0.1) is 0 Å². The maximum absolute atomic E-state index is 12.4. The van der Waals surface area contributed by atoms with Crippen LogP contribution in [-0.2, 0) is 0 Å². The van der Waals surface area contributed by atoms with Crippen molar-refractivity contribution in [2.75, 3.05) is 13.1 Å². The molecule has 0 aliphatic carbocycles. The highest BCUT2D eigenvalue weighted by molar-refractivity contribution is 5.90. The zero-order valence-electron chi connectivity index (χ0n) is 12.2. The van der Waals surface area contributed by atoms with Gasteiger partial charge in [-0.05, 0) is 24.3 Å². The number of hydrogen-bond donors (Lipinski definition) is 3. The van der Waals surface area contributed by atoms with E-state index in [1.807, 2.05) is 30.3 Å². The van der Waals surface area contributed by atoms with Crippen LogP contribution in [0.2, 0.25) is 0 Å². The van der Waals surface area contributed by atoms with Gasteiger partial charge in [0.2, 0.25) is 0 Å². The highest BCUT2D eigenvalue weighted by Crippen LogP contribution is 2.17. The third-order valence-electron chi connectivity index (χ3n) is 3.76. The minimum Gasteiger partial charge on any atom is -0.409 e. The topological polar surface area (TPSA) is 91.0 Å². The number of carbonyl (C=O) groups is 1. The maximum Gasteiger partial charge on any atom is 0.318 e. The highest BCUT2D eigenvalue weighted by Gasteiger charge is 2.25. The number of rotatable bonds is 3. The summed E-state index contributed by atoms with van der Waals surface area (Å²) in [5.74, 6) is 0.475. The average Bonchev–Trinajstić information content (AvgIpc) is 2.52. The minimum absolute atomic E-state index is 0.0281. The number of nitrogens with two attached hydrogens (primary N) is 1. The van der Waals surface area contributed by atoms with Crippen LogP contribution in [0.15, 0.2) is 35.5 Å². The Kier molecular flexibility index (Phi) is 5.03. The largest absolute Gasteiger partial charge is 0.409 e. The number of amides is 2. The van der Waals surface area contributed by atoms with Gasteiger partial charge in [0.25, 0.3) is 0 Å². The molecule has 1 aliphatic heterocycles. The lowest BCUT2D eigenvalue weighted by atomic mass is 10.0. The fraction of sp³-hybridized carbons (Fsp3) is 0.467. The van der Waals surface area contributed by atoms with Gasteiger partial charge in [0, 0.05) is 13.1 Å². The lowest BCUT2D eigenvalue weighted by molar-refractivity contribution is 0.168. The monoisotopic (exact) mass is 290 g/mol. The van der Waals surface area contributed by atoms with E-state index < -0.39 is 6.04 Å². The van der Waals surface area contributed by atoms with Crippen molar-refractivity contribution in [1.82, 2.24) is 10.2 Å². The molecular weight excluding hydrogens is 268 g/mol. The van der Waals surface area contributed by atoms with E-state index in [1.165, 1.54) is 0 Å². The summed E-state index contributed by atoms with van der Waals surface area (Å²) < 4.78 is 0. The van der Waals surface area contributed by atoms with Gasteiger partial charge in [0.15, 0.2) is 5.84 Å². The molecule has 21 heavy (non-hydrogen) atoms. The van der Waals surface area contributed by atoms with Crippen LogP contribution >= 0.6 is 0 Å². The van der Waals surface area contributed by atoms with Crippen LogP contribution < -0.4 is 11.1 Å². The Hall–Kier alpha value is -2.24. The molecule has 1 aromatic carbocycles. The van der Waals surface area contributed by atoms with Gasteiger partial charge in [-0.15, -0.1) is 0 Å². The Bertz CT molecular complexity index is 504. The number of benzene rings is 1. The Morgan fingerprint density at radius 3 is 2.81 bits per heavy atom. The predicted octanol–water partition coefficient (Wildman–Crippen LogP) is 1.92. The molecule has 114 valence electrons. The van der Waals surface area contributed by atoms with E-state index in [0.717, 1.165) is 31.5 Å². The first-order valence-electron chi connectivity index (χ1n) is 7.19. The van der Waals surface area contributed by atoms with Gasteiger partial charge in [-0.3, -0.25) is 0 Å². The fourth-order valence-corrected chi connectivity index (χ4v) is 2.62. The van der Waals surface area contributed by atoms with Crippen molar-refractivity contribution in [2.45, 2.75) is 25.8 Å². The number of carbonyl (C=O) groups excluding carboxylic acids is 1. The third-order valence-corrected chi connectivity index (χ3v) is 3.76. The number of urea groups is 1. The van der Waals surface area contributed by atoms with Crippen LogP contribution in [0.25, 0.3) is 0 Å². The van der Waals surface area contributed by atoms with Gasteiger partial charge in [-0.2, -0.15) is 0 Å². The summed E-state index contributed by atoms with van der Waals surface area (Å²) >= 11 is 0. The molecule has 1 saturated heterocycles. The van der Waals surface area contributed by atoms with E-state index in [4.69, 9.17) is 10.9 Å². The lowest BCUT2D eigenvalue weighted by Gasteiger charge is -2.32. The van der Waals surface area contributed by atoms with E-state index >= 15 is 0 Å². The Morgan fingerprint density at radius 2 is 2.19 bits per heavy atom. The molecule has 1 fully saturated rings. The standard InChI is InChI=1S/C15H22N4O2/c1-11-6-5-9-19(10-11)15(20)17-13(14(16)18-21)12-7-3-2-4-8-12/h2-4,7-8,11,13,21H,5-6,9-10H2,1H3,(H2,16,18)(H,17,20). The molecule has 0 saturated carbocycles. The van der Waals surface area contributed by atoms with Crippen LogP contribution in [0, 0.1) is 5.92 Å². The first-order chi connectivity index (χ1) is 10.1. The molecule has 0 radical (unpaired) electrons. The van der Waals surface area contributed by atoms with Crippen molar-refractivity contribution >= 4 is 11.9 Å². The van der Waals surface area contributed by atoms with Crippen molar-refractivity contribution in [3.8, 4) is 0 Å². The molecular formula is C15H22N4O2. The van der Waals surface area contributed by atoms with Crippen LogP contribution in [-0.4, -0.2) is 35.1 Å². The molecule has 2 amide bonds. The van der Waals surface area contributed by atoms with Gasteiger partial charge in [-0.1, -0.05) is 42.4 Å². The molecule has 6 heteroatoms. The molecule has 1 aromatic rings. The summed E-state index contributed by atoms with van der Waals surface area (Å²) in [6.07, 6.45) is 2.15. The number of likely N-dealkylation sites (tertiary alicyclic amines) is 1. The average molecular weight is 290 g/mol. The van der Waals surface area contributed by atoms with Crippen molar-refractivity contribution in [3.63, 3.8) is 0 Å². The summed E-state index contributed by atoms with van der Waals surface area (Å²) in [7, 11) is 0. The predicted molar refractivity (Wildman–Crippen MR) is 81.1 cm³/mol. The first kappa shape index (κ1) is 15.2. The maximum atomic E-state index is 12.4. The van der Waals surface area contributed by atoms with E-state index in [0.29, 0.717) is 5.92 Å². The Morgan fingerprint density at radius 1 is 1.48 bits per heavy atom. The molecule has 2 unspecified atom stereocenters. The molecule has 2 rings (SSSR count). The van der Waals surface area contributed by atoms with E-state index in [1.54, 1.807) is 4.90 Å². The zero-order valence-corrected chi connectivity index (χ0v) is 12.2. The number of hydrogen-bond acceptors (Lipinski definition) is 3. The van der Waals surface area contributed by atoms with Crippen LogP contribution in [0.4, 0.5) is 4.79 Å². The summed E-state index contributed by atoms with van der Waals surface area (Å²) in [5.41, 5.74) is 6.50. The molecule has 2 atom stereocenters. The second-order valence-electron chi connectivity index (χ2n) is 5.51. The zero-order chi connectivity index (χ0) is 15.2. The van der Waals surface area contributed by atoms with Crippen LogP contribution in [0.5, 0.6) is 0 Å². The molecule has 0 spiro atoms. The normalized spacial score (nSPS) is 20.9. The van der Waals surface area contributed by atoms with Gasteiger partial charge in [0.1, 0.15) is 6.04 Å². The minimum atomic E-state index is -0.624. The Labute approximate surface area is 124 Å². The highest BCUT2D eigenvalue weighted by atomic mass is 16.4.